The molecule has 4 rings (SSSR count). The second-order valence-electron chi connectivity index (χ2n) is 5.00. The van der Waals surface area contributed by atoms with Gasteiger partial charge in [0.25, 0.3) is 5.91 Å². The smallest absolute Gasteiger partial charge is 0.270 e. The average molecular weight is 311 g/mol. The molecule has 2 N–H and O–H groups in total. The number of anilines is 1. The first-order chi connectivity index (χ1) is 11.3. The highest BCUT2D eigenvalue weighted by atomic mass is 16.6. The fourth-order valence-corrected chi connectivity index (χ4v) is 2.30. The lowest BCUT2D eigenvalue weighted by Crippen LogP contribution is -2.40. The quantitative estimate of drug-likeness (QED) is 0.775. The van der Waals surface area contributed by atoms with Crippen LogP contribution in [-0.4, -0.2) is 28.8 Å². The van der Waals surface area contributed by atoms with Gasteiger partial charge in [-0.25, -0.2) is 0 Å². The van der Waals surface area contributed by atoms with E-state index in [-0.39, 0.29) is 12.5 Å². The van der Waals surface area contributed by atoms with Crippen molar-refractivity contribution in [1.82, 2.24) is 10.2 Å². The van der Waals surface area contributed by atoms with Crippen molar-refractivity contribution in [3.05, 3.63) is 48.7 Å². The summed E-state index contributed by atoms with van der Waals surface area (Å²) >= 11 is 0. The number of fused-ring (bicyclic) bond motifs is 1. The zero-order chi connectivity index (χ0) is 15.6. The summed E-state index contributed by atoms with van der Waals surface area (Å²) in [5, 5.41) is 9.54. The third-order valence-corrected chi connectivity index (χ3v) is 3.42. The average Bonchev–Trinajstić information content (AvgIpc) is 3.25. The highest BCUT2D eigenvalue weighted by Gasteiger charge is 2.27. The number of benzene rings is 1. The molecule has 0 fully saturated rings. The minimum atomic E-state index is -0.728. The van der Waals surface area contributed by atoms with Gasteiger partial charge in [-0.3, -0.25) is 9.89 Å². The van der Waals surface area contributed by atoms with Crippen LogP contribution < -0.4 is 14.8 Å². The molecule has 0 radical (unpaired) electrons. The molecule has 0 bridgehead atoms. The highest BCUT2D eigenvalue weighted by Crippen LogP contribution is 2.31. The minimum Gasteiger partial charge on any atom is -0.485 e. The number of aromatic amines is 1. The molecular weight excluding hydrogens is 298 g/mol. The van der Waals surface area contributed by atoms with Crippen molar-refractivity contribution >= 4 is 11.7 Å². The molecule has 1 aliphatic rings. The van der Waals surface area contributed by atoms with E-state index in [9.17, 15) is 4.79 Å². The van der Waals surface area contributed by atoms with E-state index in [0.29, 0.717) is 28.8 Å². The SMILES string of the molecule is O=C(Nc1cc(-c2ccco2)[nH]n1)C1COc2ccccc2O1. The Morgan fingerprint density at radius 1 is 1.22 bits per heavy atom. The van der Waals surface area contributed by atoms with Crippen LogP contribution in [0.1, 0.15) is 0 Å². The van der Waals surface area contributed by atoms with Gasteiger partial charge in [0.2, 0.25) is 6.10 Å². The first-order valence-corrected chi connectivity index (χ1v) is 7.08. The van der Waals surface area contributed by atoms with Crippen LogP contribution >= 0.6 is 0 Å². The number of nitrogens with zero attached hydrogens (tertiary/aromatic N) is 1. The van der Waals surface area contributed by atoms with Gasteiger partial charge in [0, 0.05) is 6.07 Å². The van der Waals surface area contributed by atoms with Crippen LogP contribution in [0, 0.1) is 0 Å². The molecule has 23 heavy (non-hydrogen) atoms. The number of para-hydroxylation sites is 2. The predicted octanol–water partition coefficient (Wildman–Crippen LogP) is 2.45. The Morgan fingerprint density at radius 2 is 2.09 bits per heavy atom. The van der Waals surface area contributed by atoms with Gasteiger partial charge in [-0.2, -0.15) is 5.10 Å². The van der Waals surface area contributed by atoms with E-state index in [1.807, 2.05) is 12.1 Å². The number of ether oxygens (including phenoxy) is 2. The summed E-state index contributed by atoms with van der Waals surface area (Å²) in [5.41, 5.74) is 0.677. The van der Waals surface area contributed by atoms with Crippen LogP contribution in [-0.2, 0) is 4.79 Å². The summed E-state index contributed by atoms with van der Waals surface area (Å²) in [6.07, 6.45) is 0.840. The normalized spacial score (nSPS) is 16.1. The molecular formula is C16H13N3O4. The Kier molecular flexibility index (Phi) is 3.23. The van der Waals surface area contributed by atoms with Crippen molar-refractivity contribution < 1.29 is 18.7 Å². The lowest BCUT2D eigenvalue weighted by atomic mass is 10.2. The molecule has 116 valence electrons. The molecule has 0 saturated carbocycles. The van der Waals surface area contributed by atoms with Crippen molar-refractivity contribution in [2.24, 2.45) is 0 Å². The first kappa shape index (κ1) is 13.4. The Bertz CT molecular complexity index is 825. The number of rotatable bonds is 3. The van der Waals surface area contributed by atoms with Gasteiger partial charge in [0.1, 0.15) is 12.3 Å². The Labute approximate surface area is 131 Å². The van der Waals surface area contributed by atoms with Crippen molar-refractivity contribution in [1.29, 1.82) is 0 Å². The number of hydrogen-bond donors (Lipinski definition) is 2. The molecule has 0 aliphatic carbocycles. The Hall–Kier alpha value is -3.22. The van der Waals surface area contributed by atoms with E-state index < -0.39 is 6.10 Å². The molecule has 1 unspecified atom stereocenters. The maximum Gasteiger partial charge on any atom is 0.270 e. The maximum atomic E-state index is 12.3. The van der Waals surface area contributed by atoms with Gasteiger partial charge < -0.3 is 19.2 Å². The van der Waals surface area contributed by atoms with Crippen LogP contribution in [0.2, 0.25) is 0 Å². The molecule has 0 spiro atoms. The van der Waals surface area contributed by atoms with E-state index in [1.54, 1.807) is 36.6 Å². The highest BCUT2D eigenvalue weighted by molar-refractivity contribution is 5.94. The number of H-pyrrole nitrogens is 1. The zero-order valence-electron chi connectivity index (χ0n) is 12.0. The topological polar surface area (TPSA) is 89.4 Å². The molecule has 0 saturated heterocycles. The standard InChI is InChI=1S/C16H13N3O4/c20-16(14-9-22-12-4-1-2-5-13(12)23-14)17-15-8-10(18-19-15)11-6-3-7-21-11/h1-8,14H,9H2,(H2,17,18,19,20). The fraction of sp³-hybridized carbons (Fsp3) is 0.125. The Balaban J connectivity index is 1.45. The third kappa shape index (κ3) is 2.64. The van der Waals surface area contributed by atoms with E-state index >= 15 is 0 Å². The van der Waals surface area contributed by atoms with E-state index in [2.05, 4.69) is 15.5 Å². The maximum absolute atomic E-state index is 12.3. The minimum absolute atomic E-state index is 0.151. The number of aromatic nitrogens is 2. The van der Waals surface area contributed by atoms with Crippen molar-refractivity contribution in [3.8, 4) is 23.0 Å². The first-order valence-electron chi connectivity index (χ1n) is 7.08. The van der Waals surface area contributed by atoms with Crippen LogP contribution in [0.15, 0.2) is 53.1 Å². The van der Waals surface area contributed by atoms with Gasteiger partial charge >= 0.3 is 0 Å². The molecule has 1 aromatic carbocycles. The zero-order valence-corrected chi connectivity index (χ0v) is 12.0. The van der Waals surface area contributed by atoms with Crippen LogP contribution in [0.3, 0.4) is 0 Å². The molecule has 7 nitrogen and oxygen atoms in total. The summed E-state index contributed by atoms with van der Waals surface area (Å²) in [6, 6.07) is 12.5. The molecule has 3 aromatic rings. The number of nitrogens with one attached hydrogen (secondary N) is 2. The van der Waals surface area contributed by atoms with Gasteiger partial charge in [0.15, 0.2) is 23.1 Å². The molecule has 7 heteroatoms. The monoisotopic (exact) mass is 311 g/mol. The van der Waals surface area contributed by atoms with Crippen LogP contribution in [0.5, 0.6) is 11.5 Å². The van der Waals surface area contributed by atoms with Gasteiger partial charge in [-0.1, -0.05) is 12.1 Å². The van der Waals surface area contributed by atoms with Crippen LogP contribution in [0.4, 0.5) is 5.82 Å². The number of hydrogen-bond acceptors (Lipinski definition) is 5. The summed E-state index contributed by atoms with van der Waals surface area (Å²) in [4.78, 5) is 12.3. The van der Waals surface area contributed by atoms with E-state index in [0.717, 1.165) is 0 Å². The van der Waals surface area contributed by atoms with Gasteiger partial charge in [-0.05, 0) is 24.3 Å². The van der Waals surface area contributed by atoms with Crippen molar-refractivity contribution in [2.75, 3.05) is 11.9 Å². The lowest BCUT2D eigenvalue weighted by molar-refractivity contribution is -0.125. The predicted molar refractivity (Wildman–Crippen MR) is 81.3 cm³/mol. The summed E-state index contributed by atoms with van der Waals surface area (Å²) in [7, 11) is 0. The van der Waals surface area contributed by atoms with Gasteiger partial charge in [-0.15, -0.1) is 0 Å². The molecule has 2 aromatic heterocycles. The lowest BCUT2D eigenvalue weighted by Gasteiger charge is -2.25. The Morgan fingerprint density at radius 3 is 2.91 bits per heavy atom. The van der Waals surface area contributed by atoms with Crippen molar-refractivity contribution in [3.63, 3.8) is 0 Å². The molecule has 1 aliphatic heterocycles. The molecule has 3 heterocycles. The van der Waals surface area contributed by atoms with Crippen LogP contribution in [0.25, 0.3) is 11.5 Å². The number of furan rings is 1. The number of carbonyl (C=O) groups excluding carboxylic acids is 1. The number of amides is 1. The number of carbonyl (C=O) groups is 1. The fourth-order valence-electron chi connectivity index (χ4n) is 2.30. The second-order valence-corrected chi connectivity index (χ2v) is 5.00. The van der Waals surface area contributed by atoms with E-state index in [1.165, 1.54) is 0 Å². The molecule has 1 atom stereocenters. The van der Waals surface area contributed by atoms with E-state index in [4.69, 9.17) is 13.9 Å². The third-order valence-electron chi connectivity index (χ3n) is 3.42. The largest absolute Gasteiger partial charge is 0.485 e. The summed E-state index contributed by atoms with van der Waals surface area (Å²) < 4.78 is 16.4. The summed E-state index contributed by atoms with van der Waals surface area (Å²) in [5.74, 6) is 1.90. The second kappa shape index (κ2) is 5.53. The molecule has 1 amide bonds. The van der Waals surface area contributed by atoms with Gasteiger partial charge in [0.05, 0.1) is 6.26 Å². The summed E-state index contributed by atoms with van der Waals surface area (Å²) in [6.45, 7) is 0.151. The van der Waals surface area contributed by atoms with Crippen molar-refractivity contribution in [2.45, 2.75) is 6.10 Å².